The van der Waals surface area contributed by atoms with Crippen molar-refractivity contribution in [1.82, 2.24) is 40.3 Å². The molecule has 6 heterocycles. The van der Waals surface area contributed by atoms with E-state index in [1.54, 1.807) is 24.7 Å². The molecule has 6 aromatic rings. The first-order valence-corrected chi connectivity index (χ1v) is 17.8. The summed E-state index contributed by atoms with van der Waals surface area (Å²) in [6.07, 6.45) is 8.03. The number of nitrogens with one attached hydrogen (secondary N) is 2. The van der Waals surface area contributed by atoms with E-state index in [0.717, 1.165) is 34.4 Å². The molecule has 0 bridgehead atoms. The van der Waals surface area contributed by atoms with E-state index in [4.69, 9.17) is 0 Å². The third-order valence-electron chi connectivity index (χ3n) is 9.00. The smallest absolute Gasteiger partial charge is 0.206 e. The predicted octanol–water partition coefficient (Wildman–Crippen LogP) is 8.17. The van der Waals surface area contributed by atoms with Gasteiger partial charge in [-0.1, -0.05) is 49.2 Å². The van der Waals surface area contributed by atoms with E-state index < -0.39 is 17.4 Å². The molecule has 0 saturated heterocycles. The third-order valence-corrected chi connectivity index (χ3v) is 10.8. The summed E-state index contributed by atoms with van der Waals surface area (Å²) in [7, 11) is 0. The van der Waals surface area contributed by atoms with Crippen molar-refractivity contribution >= 4 is 32.9 Å². The summed E-state index contributed by atoms with van der Waals surface area (Å²) < 4.78 is 42.0. The van der Waals surface area contributed by atoms with Gasteiger partial charge in [-0.3, -0.25) is 19.9 Å². The van der Waals surface area contributed by atoms with Crippen molar-refractivity contribution in [1.29, 1.82) is 0 Å². The molecule has 2 aliphatic rings. The SMILES string of the molecule is C.CC1CC(CNc2nnc(-c3ccccn3)s2)(c2ncccc2F)C1.Fc1cccnc1C1(CNc2nnc(-c3ccccn3)s2)CC(F)C1. The Hall–Kier alpha value is -4.89. The molecule has 51 heavy (non-hydrogen) atoms. The van der Waals surface area contributed by atoms with Gasteiger partial charge < -0.3 is 10.6 Å². The molecule has 0 aromatic carbocycles. The third kappa shape index (κ3) is 7.89. The minimum Gasteiger partial charge on any atom is -0.359 e. The maximum atomic E-state index is 14.3. The van der Waals surface area contributed by atoms with E-state index in [9.17, 15) is 13.2 Å². The Balaban J connectivity index is 0.000000172. The van der Waals surface area contributed by atoms with Crippen LogP contribution in [-0.2, 0) is 10.8 Å². The molecule has 0 atom stereocenters. The Labute approximate surface area is 302 Å². The van der Waals surface area contributed by atoms with Crippen molar-refractivity contribution in [2.45, 2.75) is 57.0 Å². The molecule has 0 aliphatic heterocycles. The lowest BCUT2D eigenvalue weighted by Crippen LogP contribution is -2.48. The maximum Gasteiger partial charge on any atom is 0.206 e. The fraction of sp³-hybridized carbons (Fsp3) is 0.333. The number of hydrogen-bond donors (Lipinski definition) is 2. The van der Waals surface area contributed by atoms with Gasteiger partial charge in [0.2, 0.25) is 10.3 Å². The van der Waals surface area contributed by atoms with Gasteiger partial charge in [-0.05, 0) is 80.1 Å². The Morgan fingerprint density at radius 1 is 0.627 bits per heavy atom. The highest BCUT2D eigenvalue weighted by Crippen LogP contribution is 2.48. The van der Waals surface area contributed by atoms with Crippen molar-refractivity contribution in [3.05, 3.63) is 108 Å². The van der Waals surface area contributed by atoms with E-state index in [0.29, 0.717) is 40.5 Å². The second-order valence-corrected chi connectivity index (χ2v) is 14.7. The van der Waals surface area contributed by atoms with Crippen LogP contribution in [0.1, 0.15) is 51.4 Å². The zero-order valence-electron chi connectivity index (χ0n) is 27.0. The van der Waals surface area contributed by atoms with Crippen molar-refractivity contribution in [3.63, 3.8) is 0 Å². The van der Waals surface area contributed by atoms with E-state index in [1.165, 1.54) is 47.1 Å². The van der Waals surface area contributed by atoms with Crippen LogP contribution in [-0.4, -0.2) is 59.6 Å². The number of nitrogens with zero attached hydrogens (tertiary/aromatic N) is 8. The monoisotopic (exact) mass is 730 g/mol. The molecule has 2 fully saturated rings. The normalized spacial score (nSPS) is 22.0. The molecule has 0 radical (unpaired) electrons. The van der Waals surface area contributed by atoms with Gasteiger partial charge in [0.15, 0.2) is 10.0 Å². The van der Waals surface area contributed by atoms with Gasteiger partial charge in [0.25, 0.3) is 0 Å². The van der Waals surface area contributed by atoms with Crippen LogP contribution in [0, 0.1) is 17.6 Å². The van der Waals surface area contributed by atoms with E-state index in [-0.39, 0.29) is 31.5 Å². The lowest BCUT2D eigenvalue weighted by Gasteiger charge is -2.46. The lowest BCUT2D eigenvalue weighted by atomic mass is 9.60. The van der Waals surface area contributed by atoms with Gasteiger partial charge in [0.1, 0.15) is 29.2 Å². The van der Waals surface area contributed by atoms with Crippen LogP contribution in [0.3, 0.4) is 0 Å². The van der Waals surface area contributed by atoms with E-state index in [2.05, 4.69) is 57.9 Å². The summed E-state index contributed by atoms with van der Waals surface area (Å²) in [4.78, 5) is 17.0. The van der Waals surface area contributed by atoms with E-state index >= 15 is 0 Å². The molecule has 2 saturated carbocycles. The van der Waals surface area contributed by atoms with Crippen molar-refractivity contribution < 1.29 is 13.2 Å². The molecule has 6 aromatic heterocycles. The molecule has 2 aliphatic carbocycles. The van der Waals surface area contributed by atoms with Crippen molar-refractivity contribution in [2.24, 2.45) is 5.92 Å². The Morgan fingerprint density at radius 2 is 1.08 bits per heavy atom. The molecular weight excluding hydrogens is 694 g/mol. The van der Waals surface area contributed by atoms with Crippen LogP contribution in [0.25, 0.3) is 21.4 Å². The Morgan fingerprint density at radius 3 is 1.47 bits per heavy atom. The second kappa shape index (κ2) is 15.6. The molecule has 0 unspecified atom stereocenters. The van der Waals surface area contributed by atoms with Crippen LogP contribution in [0.5, 0.6) is 0 Å². The van der Waals surface area contributed by atoms with Gasteiger partial charge in [-0.2, -0.15) is 0 Å². The van der Waals surface area contributed by atoms with Crippen molar-refractivity contribution in [2.75, 3.05) is 23.7 Å². The van der Waals surface area contributed by atoms with Crippen LogP contribution in [0.15, 0.2) is 85.5 Å². The first kappa shape index (κ1) is 35.9. The number of pyridine rings is 4. The molecule has 10 nitrogen and oxygen atoms in total. The zero-order valence-corrected chi connectivity index (χ0v) is 28.6. The average Bonchev–Trinajstić information content (AvgIpc) is 3.80. The summed E-state index contributed by atoms with van der Waals surface area (Å²) in [6, 6.07) is 17.3. The first-order chi connectivity index (χ1) is 24.3. The number of rotatable bonds is 10. The minimum absolute atomic E-state index is 0. The fourth-order valence-electron chi connectivity index (χ4n) is 6.72. The van der Waals surface area contributed by atoms with Crippen LogP contribution < -0.4 is 10.6 Å². The summed E-state index contributed by atoms with van der Waals surface area (Å²) in [5.41, 5.74) is 1.48. The summed E-state index contributed by atoms with van der Waals surface area (Å²) in [6.45, 7) is 3.14. The summed E-state index contributed by atoms with van der Waals surface area (Å²) in [5, 5.41) is 25.9. The minimum atomic E-state index is -0.929. The molecule has 15 heteroatoms. The maximum absolute atomic E-state index is 14.3. The average molecular weight is 731 g/mol. The van der Waals surface area contributed by atoms with Crippen molar-refractivity contribution in [3.8, 4) is 21.4 Å². The molecule has 0 amide bonds. The van der Waals surface area contributed by atoms with Gasteiger partial charge in [0.05, 0.1) is 11.4 Å². The first-order valence-electron chi connectivity index (χ1n) is 16.2. The summed E-state index contributed by atoms with van der Waals surface area (Å²) >= 11 is 2.81. The number of anilines is 2. The van der Waals surface area contributed by atoms with Gasteiger partial charge >= 0.3 is 0 Å². The second-order valence-electron chi connectivity index (χ2n) is 12.7. The highest BCUT2D eigenvalue weighted by atomic mass is 32.1. The Kier molecular flexibility index (Phi) is 11.0. The lowest BCUT2D eigenvalue weighted by molar-refractivity contribution is 0.0965. The molecule has 2 N–H and O–H groups in total. The number of alkyl halides is 1. The van der Waals surface area contributed by atoms with Crippen LogP contribution >= 0.6 is 22.7 Å². The van der Waals surface area contributed by atoms with E-state index in [1.807, 2.05) is 36.4 Å². The largest absolute Gasteiger partial charge is 0.359 e. The van der Waals surface area contributed by atoms with Gasteiger partial charge in [0, 0.05) is 48.7 Å². The number of halogens is 3. The predicted molar refractivity (Wildman–Crippen MR) is 194 cm³/mol. The molecule has 264 valence electrons. The van der Waals surface area contributed by atoms with Crippen LogP contribution in [0.2, 0.25) is 0 Å². The molecular formula is C36H37F3N10S2. The molecule has 8 rings (SSSR count). The van der Waals surface area contributed by atoms with Crippen LogP contribution in [0.4, 0.5) is 23.4 Å². The number of aromatic nitrogens is 8. The topological polar surface area (TPSA) is 127 Å². The highest BCUT2D eigenvalue weighted by Gasteiger charge is 2.49. The summed E-state index contributed by atoms with van der Waals surface area (Å²) in [5.74, 6) is -0.0630. The highest BCUT2D eigenvalue weighted by molar-refractivity contribution is 7.18. The Bertz CT molecular complexity index is 1870. The molecule has 0 spiro atoms. The quantitative estimate of drug-likeness (QED) is 0.143. The fourth-order valence-corrected chi connectivity index (χ4v) is 8.15. The van der Waals surface area contributed by atoms with Gasteiger partial charge in [-0.15, -0.1) is 20.4 Å². The van der Waals surface area contributed by atoms with Gasteiger partial charge in [-0.25, -0.2) is 13.2 Å². The number of hydrogen-bond acceptors (Lipinski definition) is 12. The zero-order chi connectivity index (χ0) is 34.6. The standard InChI is InChI=1S/C18H18FN5S.C17H15F2N5S.CH4/c1-12-9-18(10-12,15-13(19)5-4-8-21-15)11-22-17-24-23-16(25-17)14-6-2-3-7-20-14;18-11-8-17(9-11,14-12(19)4-3-7-21-14)10-22-16-24-23-15(25-16)13-5-1-2-6-20-13;/h2-8,12H,9-11H2,1H3,(H,22,24);1-7,11H,8-10H2,(H,22,24);1H4.